The van der Waals surface area contributed by atoms with E-state index in [9.17, 15) is 9.90 Å². The molecule has 0 aliphatic carbocycles. The van der Waals surface area contributed by atoms with Gasteiger partial charge in [0.05, 0.1) is 17.7 Å². The predicted octanol–water partition coefficient (Wildman–Crippen LogP) is 3.19. The van der Waals surface area contributed by atoms with Crippen LogP contribution in [0.4, 0.5) is 0 Å². The quantitative estimate of drug-likeness (QED) is 0.673. The largest absolute Gasteiger partial charge is 0.467 e. The zero-order valence-corrected chi connectivity index (χ0v) is 14.0. The van der Waals surface area contributed by atoms with Crippen LogP contribution in [0.3, 0.4) is 0 Å². The molecule has 1 saturated heterocycles. The second-order valence-corrected chi connectivity index (χ2v) is 7.39. The molecule has 2 aromatic rings. The molecule has 1 fully saturated rings. The third kappa shape index (κ3) is 3.14. The maximum atomic E-state index is 12.4. The van der Waals surface area contributed by atoms with E-state index < -0.39 is 6.10 Å². The van der Waals surface area contributed by atoms with Crippen molar-refractivity contribution in [3.8, 4) is 0 Å². The molecule has 1 N–H and O–H groups in total. The highest BCUT2D eigenvalue weighted by Gasteiger charge is 2.32. The van der Waals surface area contributed by atoms with Gasteiger partial charge in [-0.3, -0.25) is 9.69 Å². The first-order valence-corrected chi connectivity index (χ1v) is 8.50. The zero-order valence-electron chi connectivity index (χ0n) is 11.6. The number of thiocarbonyl (C=S) groups is 1. The Morgan fingerprint density at radius 3 is 3.05 bits per heavy atom. The van der Waals surface area contributed by atoms with Gasteiger partial charge in [0.1, 0.15) is 21.2 Å². The lowest BCUT2D eigenvalue weighted by atomic mass is 10.3. The number of hydrogen-bond donors (Lipinski definition) is 1. The van der Waals surface area contributed by atoms with Gasteiger partial charge in [-0.2, -0.15) is 0 Å². The number of carbonyl (C=O) groups excluding carboxylic acids is 1. The van der Waals surface area contributed by atoms with Gasteiger partial charge in [-0.25, -0.2) is 4.98 Å². The Hall–Kier alpha value is -1.48. The van der Waals surface area contributed by atoms with Gasteiger partial charge in [-0.15, -0.1) is 11.3 Å². The third-order valence-corrected chi connectivity index (χ3v) is 5.43. The molecule has 0 radical (unpaired) electrons. The first-order chi connectivity index (χ1) is 10.5. The summed E-state index contributed by atoms with van der Waals surface area (Å²) in [4.78, 5) is 19.4. The van der Waals surface area contributed by atoms with Gasteiger partial charge in [0.2, 0.25) is 0 Å². The molecule has 1 aliphatic heterocycles. The molecule has 8 heteroatoms. The highest BCUT2D eigenvalue weighted by atomic mass is 32.2. The minimum Gasteiger partial charge on any atom is -0.467 e. The number of aliphatic hydroxyl groups is 1. The van der Waals surface area contributed by atoms with E-state index in [2.05, 4.69) is 4.98 Å². The van der Waals surface area contributed by atoms with Crippen LogP contribution in [0.5, 0.6) is 0 Å². The number of furan rings is 1. The fraction of sp³-hybridized carbons (Fsp3) is 0.214. The number of hydrogen-bond acceptors (Lipinski definition) is 7. The lowest BCUT2D eigenvalue weighted by Crippen LogP contribution is -2.27. The summed E-state index contributed by atoms with van der Waals surface area (Å²) in [5.74, 6) is 0.546. The van der Waals surface area contributed by atoms with Crippen molar-refractivity contribution in [2.24, 2.45) is 0 Å². The number of aromatic nitrogens is 1. The number of aliphatic hydroxyl groups excluding tert-OH is 1. The van der Waals surface area contributed by atoms with Gasteiger partial charge >= 0.3 is 0 Å². The molecule has 0 spiro atoms. The highest BCUT2D eigenvalue weighted by Crippen LogP contribution is 2.34. The Bertz CT molecular complexity index is 734. The number of rotatable bonds is 4. The summed E-state index contributed by atoms with van der Waals surface area (Å²) < 4.78 is 5.76. The summed E-state index contributed by atoms with van der Waals surface area (Å²) >= 11 is 7.88. The Morgan fingerprint density at radius 1 is 1.59 bits per heavy atom. The molecule has 5 nitrogen and oxygen atoms in total. The van der Waals surface area contributed by atoms with E-state index in [1.165, 1.54) is 28.0 Å². The minimum absolute atomic E-state index is 0.140. The molecule has 1 atom stereocenters. The third-order valence-electron chi connectivity index (χ3n) is 2.94. The SMILES string of the molecule is CC(O)c1ncc(/C=C2\SC(=S)N(Cc3ccco3)C2=O)s1. The first-order valence-electron chi connectivity index (χ1n) is 6.46. The molecule has 22 heavy (non-hydrogen) atoms. The summed E-state index contributed by atoms with van der Waals surface area (Å²) in [6, 6.07) is 3.58. The Morgan fingerprint density at radius 2 is 2.41 bits per heavy atom. The van der Waals surface area contributed by atoms with E-state index in [1.54, 1.807) is 37.6 Å². The van der Waals surface area contributed by atoms with Crippen LogP contribution in [-0.4, -0.2) is 25.2 Å². The van der Waals surface area contributed by atoms with Crippen molar-refractivity contribution < 1.29 is 14.3 Å². The van der Waals surface area contributed by atoms with Crippen LogP contribution in [0.1, 0.15) is 28.7 Å². The molecule has 2 aromatic heterocycles. The van der Waals surface area contributed by atoms with Gasteiger partial charge in [0.25, 0.3) is 5.91 Å². The van der Waals surface area contributed by atoms with Crippen molar-refractivity contribution in [2.45, 2.75) is 19.6 Å². The monoisotopic (exact) mass is 352 g/mol. The average Bonchev–Trinajstić information content (AvgIpc) is 3.18. The second kappa shape index (κ2) is 6.33. The number of carbonyl (C=O) groups is 1. The summed E-state index contributed by atoms with van der Waals surface area (Å²) in [7, 11) is 0. The molecule has 0 aromatic carbocycles. The summed E-state index contributed by atoms with van der Waals surface area (Å²) in [6.45, 7) is 1.99. The first kappa shape index (κ1) is 15.4. The number of nitrogens with zero attached hydrogens (tertiary/aromatic N) is 2. The molecule has 1 aliphatic rings. The molecular formula is C14H12N2O3S3. The summed E-state index contributed by atoms with van der Waals surface area (Å²) in [6.07, 6.45) is 4.36. The van der Waals surface area contributed by atoms with Crippen molar-refractivity contribution in [1.29, 1.82) is 0 Å². The van der Waals surface area contributed by atoms with Crippen LogP contribution in [0, 0.1) is 0 Å². The second-order valence-electron chi connectivity index (χ2n) is 4.62. The van der Waals surface area contributed by atoms with Gasteiger partial charge < -0.3 is 9.52 Å². The van der Waals surface area contributed by atoms with Crippen LogP contribution >= 0.6 is 35.3 Å². The standard InChI is InChI=1S/C14H12N2O3S3/c1-8(17)12-15-6-10(21-12)5-11-13(18)16(14(20)22-11)7-9-3-2-4-19-9/h2-6,8,17H,7H2,1H3/b11-5-. The van der Waals surface area contributed by atoms with Crippen molar-refractivity contribution in [1.82, 2.24) is 9.88 Å². The molecule has 1 amide bonds. The minimum atomic E-state index is -0.611. The molecular weight excluding hydrogens is 340 g/mol. The van der Waals surface area contributed by atoms with Crippen LogP contribution in [0.2, 0.25) is 0 Å². The van der Waals surface area contributed by atoms with E-state index in [-0.39, 0.29) is 5.91 Å². The van der Waals surface area contributed by atoms with E-state index in [4.69, 9.17) is 16.6 Å². The van der Waals surface area contributed by atoms with Crippen molar-refractivity contribution in [2.75, 3.05) is 0 Å². The normalized spacial score (nSPS) is 18.5. The Kier molecular flexibility index (Phi) is 4.44. The van der Waals surface area contributed by atoms with Gasteiger partial charge in [-0.05, 0) is 25.1 Å². The number of thioether (sulfide) groups is 1. The van der Waals surface area contributed by atoms with Crippen molar-refractivity contribution in [3.63, 3.8) is 0 Å². The molecule has 3 heterocycles. The van der Waals surface area contributed by atoms with Crippen molar-refractivity contribution >= 4 is 51.6 Å². The fourth-order valence-corrected chi connectivity index (χ4v) is 4.00. The number of thiazole rings is 1. The number of amides is 1. The molecule has 0 saturated carbocycles. The fourth-order valence-electron chi connectivity index (χ4n) is 1.88. The van der Waals surface area contributed by atoms with Crippen LogP contribution in [0.25, 0.3) is 6.08 Å². The van der Waals surface area contributed by atoms with E-state index in [1.807, 2.05) is 0 Å². The average molecular weight is 352 g/mol. The maximum absolute atomic E-state index is 12.4. The van der Waals surface area contributed by atoms with E-state index in [0.717, 1.165) is 4.88 Å². The topological polar surface area (TPSA) is 66.6 Å². The van der Waals surface area contributed by atoms with Crippen LogP contribution in [0.15, 0.2) is 33.9 Å². The van der Waals surface area contributed by atoms with Gasteiger partial charge in [-0.1, -0.05) is 24.0 Å². The van der Waals surface area contributed by atoms with E-state index in [0.29, 0.717) is 26.5 Å². The van der Waals surface area contributed by atoms with Gasteiger partial charge in [0.15, 0.2) is 0 Å². The zero-order chi connectivity index (χ0) is 15.7. The summed E-state index contributed by atoms with van der Waals surface area (Å²) in [5.41, 5.74) is 0. The van der Waals surface area contributed by atoms with Gasteiger partial charge in [0, 0.05) is 11.1 Å². The maximum Gasteiger partial charge on any atom is 0.266 e. The smallest absolute Gasteiger partial charge is 0.266 e. The lowest BCUT2D eigenvalue weighted by molar-refractivity contribution is -0.122. The van der Waals surface area contributed by atoms with Crippen LogP contribution < -0.4 is 0 Å². The summed E-state index contributed by atoms with van der Waals surface area (Å²) in [5, 5.41) is 10.1. The lowest BCUT2D eigenvalue weighted by Gasteiger charge is -2.11. The van der Waals surface area contributed by atoms with Crippen LogP contribution in [-0.2, 0) is 11.3 Å². The molecule has 114 valence electrons. The van der Waals surface area contributed by atoms with Crippen molar-refractivity contribution in [3.05, 3.63) is 45.1 Å². The molecule has 3 rings (SSSR count). The molecule has 0 bridgehead atoms. The predicted molar refractivity (Wildman–Crippen MR) is 90.2 cm³/mol. The Balaban J connectivity index is 1.79. The highest BCUT2D eigenvalue weighted by molar-refractivity contribution is 8.26. The Labute approximate surface area is 140 Å². The van der Waals surface area contributed by atoms with E-state index >= 15 is 0 Å². The molecule has 1 unspecified atom stereocenters.